The van der Waals surface area contributed by atoms with Gasteiger partial charge in [-0.2, -0.15) is 4.31 Å². The zero-order valence-electron chi connectivity index (χ0n) is 16.3. The summed E-state index contributed by atoms with van der Waals surface area (Å²) < 4.78 is 32.0. The van der Waals surface area contributed by atoms with Gasteiger partial charge in [-0.25, -0.2) is 8.42 Å². The van der Waals surface area contributed by atoms with Crippen LogP contribution in [0.1, 0.15) is 5.56 Å². The van der Waals surface area contributed by atoms with Gasteiger partial charge in [-0.1, -0.05) is 48.5 Å². The molecular formula is C23H22N2O4S. The molecule has 0 bridgehead atoms. The Labute approximate surface area is 175 Å². The van der Waals surface area contributed by atoms with Crippen molar-refractivity contribution in [3.8, 4) is 0 Å². The first-order chi connectivity index (χ1) is 14.5. The van der Waals surface area contributed by atoms with Gasteiger partial charge in [-0.05, 0) is 35.2 Å². The van der Waals surface area contributed by atoms with Crippen molar-refractivity contribution in [2.75, 3.05) is 31.6 Å². The summed E-state index contributed by atoms with van der Waals surface area (Å²) in [7, 11) is -3.52. The Balaban J connectivity index is 1.44. The molecule has 7 heteroatoms. The molecule has 154 valence electrons. The summed E-state index contributed by atoms with van der Waals surface area (Å²) in [5.41, 5.74) is 1.48. The Morgan fingerprint density at radius 1 is 0.933 bits per heavy atom. The highest BCUT2D eigenvalue weighted by Gasteiger charge is 2.25. The van der Waals surface area contributed by atoms with E-state index in [1.807, 2.05) is 42.5 Å². The Hall–Kier alpha value is -3.00. The number of anilines is 1. The topological polar surface area (TPSA) is 75.7 Å². The van der Waals surface area contributed by atoms with Crippen molar-refractivity contribution in [1.82, 2.24) is 4.31 Å². The molecule has 1 heterocycles. The maximum Gasteiger partial charge on any atom is 0.248 e. The van der Waals surface area contributed by atoms with Gasteiger partial charge in [0.2, 0.25) is 15.9 Å². The molecule has 0 aliphatic carbocycles. The molecule has 1 saturated heterocycles. The number of morpholine rings is 1. The number of benzene rings is 3. The normalized spacial score (nSPS) is 15.5. The minimum Gasteiger partial charge on any atom is -0.379 e. The van der Waals surface area contributed by atoms with Crippen LogP contribution < -0.4 is 5.32 Å². The minimum atomic E-state index is -3.52. The molecule has 30 heavy (non-hydrogen) atoms. The molecule has 1 aliphatic rings. The fraction of sp³-hybridized carbons (Fsp3) is 0.174. The summed E-state index contributed by atoms with van der Waals surface area (Å²) in [6.07, 6.45) is 3.10. The average Bonchev–Trinajstić information content (AvgIpc) is 2.79. The largest absolute Gasteiger partial charge is 0.379 e. The maximum absolute atomic E-state index is 12.7. The number of ether oxygens (including phenoxy) is 1. The van der Waals surface area contributed by atoms with Crippen LogP contribution in [-0.4, -0.2) is 44.9 Å². The molecule has 4 rings (SSSR count). The number of nitrogens with one attached hydrogen (secondary N) is 1. The van der Waals surface area contributed by atoms with E-state index in [9.17, 15) is 13.2 Å². The van der Waals surface area contributed by atoms with E-state index in [0.29, 0.717) is 26.3 Å². The van der Waals surface area contributed by atoms with E-state index in [1.54, 1.807) is 30.3 Å². The first-order valence-electron chi connectivity index (χ1n) is 9.69. The van der Waals surface area contributed by atoms with Crippen molar-refractivity contribution in [2.24, 2.45) is 0 Å². The quantitative estimate of drug-likeness (QED) is 0.639. The van der Waals surface area contributed by atoms with Crippen LogP contribution in [-0.2, 0) is 19.6 Å². The third-order valence-electron chi connectivity index (χ3n) is 4.96. The molecular weight excluding hydrogens is 400 g/mol. The second kappa shape index (κ2) is 8.79. The lowest BCUT2D eigenvalue weighted by atomic mass is 10.1. The number of fused-ring (bicyclic) bond motifs is 1. The number of nitrogens with zero attached hydrogens (tertiary/aromatic N) is 1. The summed E-state index contributed by atoms with van der Waals surface area (Å²) in [4.78, 5) is 12.6. The molecule has 3 aromatic rings. The van der Waals surface area contributed by atoms with E-state index >= 15 is 0 Å². The molecule has 0 unspecified atom stereocenters. The van der Waals surface area contributed by atoms with Crippen molar-refractivity contribution in [3.05, 3.63) is 78.4 Å². The predicted molar refractivity (Wildman–Crippen MR) is 118 cm³/mol. The number of hydrogen-bond donors (Lipinski definition) is 1. The monoisotopic (exact) mass is 422 g/mol. The van der Waals surface area contributed by atoms with Crippen molar-refractivity contribution in [2.45, 2.75) is 4.90 Å². The van der Waals surface area contributed by atoms with Gasteiger partial charge in [0.15, 0.2) is 0 Å². The number of amides is 1. The van der Waals surface area contributed by atoms with Gasteiger partial charge in [-0.15, -0.1) is 0 Å². The van der Waals surface area contributed by atoms with Gasteiger partial charge in [0.1, 0.15) is 0 Å². The van der Waals surface area contributed by atoms with Gasteiger partial charge in [0.05, 0.1) is 18.1 Å². The van der Waals surface area contributed by atoms with Gasteiger partial charge < -0.3 is 10.1 Å². The molecule has 0 saturated carbocycles. The Kier molecular flexibility index (Phi) is 5.94. The lowest BCUT2D eigenvalue weighted by Crippen LogP contribution is -2.40. The number of rotatable bonds is 5. The molecule has 1 aliphatic heterocycles. The first kappa shape index (κ1) is 20.3. The van der Waals surface area contributed by atoms with Crippen molar-refractivity contribution in [1.29, 1.82) is 0 Å². The molecule has 1 amide bonds. The van der Waals surface area contributed by atoms with Crippen molar-refractivity contribution < 1.29 is 17.9 Å². The van der Waals surface area contributed by atoms with Crippen LogP contribution in [0.4, 0.5) is 5.69 Å². The Bertz CT molecular complexity index is 1180. The van der Waals surface area contributed by atoms with Crippen LogP contribution in [0.5, 0.6) is 0 Å². The number of hydrogen-bond acceptors (Lipinski definition) is 4. The molecule has 0 spiro atoms. The van der Waals surface area contributed by atoms with E-state index in [2.05, 4.69) is 5.32 Å². The smallest absolute Gasteiger partial charge is 0.248 e. The molecule has 6 nitrogen and oxygen atoms in total. The zero-order valence-corrected chi connectivity index (χ0v) is 17.1. The lowest BCUT2D eigenvalue weighted by Gasteiger charge is -2.26. The third kappa shape index (κ3) is 4.43. The fourth-order valence-electron chi connectivity index (χ4n) is 3.37. The van der Waals surface area contributed by atoms with Crippen LogP contribution >= 0.6 is 0 Å². The maximum atomic E-state index is 12.7. The molecule has 0 aromatic heterocycles. The minimum absolute atomic E-state index is 0.238. The van der Waals surface area contributed by atoms with Gasteiger partial charge in [0.25, 0.3) is 0 Å². The van der Waals surface area contributed by atoms with Crippen molar-refractivity contribution in [3.63, 3.8) is 0 Å². The second-order valence-corrected chi connectivity index (χ2v) is 8.87. The molecule has 0 atom stereocenters. The molecule has 3 aromatic carbocycles. The number of sulfonamides is 1. The summed E-state index contributed by atoms with van der Waals surface area (Å²) >= 11 is 0. The van der Waals surface area contributed by atoms with Gasteiger partial charge in [-0.3, -0.25) is 4.79 Å². The number of carbonyl (C=O) groups is 1. The van der Waals surface area contributed by atoms with Gasteiger partial charge >= 0.3 is 0 Å². The standard InChI is InChI=1S/C23H22N2O4S/c26-23(24-22-7-3-5-19-4-1-2-6-21(19)22)13-10-18-8-11-20(12-9-18)30(27,28)25-14-16-29-17-15-25/h1-13H,14-17H2,(H,24,26)/b13-10+. The highest BCUT2D eigenvalue weighted by atomic mass is 32.2. The van der Waals surface area contributed by atoms with E-state index < -0.39 is 10.0 Å². The fourth-order valence-corrected chi connectivity index (χ4v) is 4.78. The highest BCUT2D eigenvalue weighted by Crippen LogP contribution is 2.23. The Morgan fingerprint density at radius 2 is 1.63 bits per heavy atom. The summed E-state index contributed by atoms with van der Waals surface area (Å²) in [5.74, 6) is -0.253. The van der Waals surface area contributed by atoms with E-state index in [0.717, 1.165) is 22.0 Å². The summed E-state index contributed by atoms with van der Waals surface area (Å²) in [6.45, 7) is 1.54. The lowest BCUT2D eigenvalue weighted by molar-refractivity contribution is -0.111. The molecule has 0 radical (unpaired) electrons. The SMILES string of the molecule is O=C(/C=C/c1ccc(S(=O)(=O)N2CCOCC2)cc1)Nc1cccc2ccccc12. The summed E-state index contributed by atoms with van der Waals surface area (Å²) in [6, 6.07) is 20.1. The average molecular weight is 423 g/mol. The van der Waals surface area contributed by atoms with E-state index in [-0.39, 0.29) is 10.8 Å². The highest BCUT2D eigenvalue weighted by molar-refractivity contribution is 7.89. The van der Waals surface area contributed by atoms with Crippen LogP contribution in [0.25, 0.3) is 16.8 Å². The van der Waals surface area contributed by atoms with E-state index in [4.69, 9.17) is 4.74 Å². The Morgan fingerprint density at radius 3 is 2.40 bits per heavy atom. The van der Waals surface area contributed by atoms with Crippen LogP contribution in [0.3, 0.4) is 0 Å². The van der Waals surface area contributed by atoms with Crippen LogP contribution in [0.15, 0.2) is 77.7 Å². The number of carbonyl (C=O) groups excluding carboxylic acids is 1. The van der Waals surface area contributed by atoms with Crippen molar-refractivity contribution >= 4 is 38.5 Å². The summed E-state index contributed by atoms with van der Waals surface area (Å²) in [5, 5.41) is 4.92. The molecule has 1 fully saturated rings. The second-order valence-electron chi connectivity index (χ2n) is 6.93. The van der Waals surface area contributed by atoms with Crippen LogP contribution in [0.2, 0.25) is 0 Å². The molecule has 1 N–H and O–H groups in total. The zero-order chi connectivity index (χ0) is 21.0. The first-order valence-corrected chi connectivity index (χ1v) is 11.1. The van der Waals surface area contributed by atoms with E-state index in [1.165, 1.54) is 10.4 Å². The predicted octanol–water partition coefficient (Wildman–Crippen LogP) is 3.51. The van der Waals surface area contributed by atoms with Gasteiger partial charge in [0, 0.05) is 30.2 Å². The van der Waals surface area contributed by atoms with Crippen LogP contribution in [0, 0.1) is 0 Å². The third-order valence-corrected chi connectivity index (χ3v) is 6.88.